The van der Waals surface area contributed by atoms with Crippen LogP contribution < -0.4 is 0 Å². The van der Waals surface area contributed by atoms with Gasteiger partial charge in [0, 0.05) is 17.2 Å². The predicted molar refractivity (Wildman–Crippen MR) is 60.8 cm³/mol. The minimum absolute atomic E-state index is 0.0811. The summed E-state index contributed by atoms with van der Waals surface area (Å²) in [6.45, 7) is 1.17. The third-order valence-corrected chi connectivity index (χ3v) is 3.10. The summed E-state index contributed by atoms with van der Waals surface area (Å²) in [5, 5.41) is 10.6. The van der Waals surface area contributed by atoms with Gasteiger partial charge in [0.2, 0.25) is 0 Å². The van der Waals surface area contributed by atoms with Crippen LogP contribution in [0.2, 0.25) is 0 Å². The molecule has 1 rings (SSSR count). The number of nitro benzene ring substituents is 1. The van der Waals surface area contributed by atoms with Gasteiger partial charge in [-0.3, -0.25) is 14.9 Å². The van der Waals surface area contributed by atoms with Gasteiger partial charge in [0.05, 0.1) is 8.49 Å². The molecule has 1 aromatic rings. The first kappa shape index (κ1) is 12.9. The van der Waals surface area contributed by atoms with E-state index in [4.69, 9.17) is 0 Å². The van der Waals surface area contributed by atoms with Crippen LogP contribution in [-0.4, -0.2) is 10.7 Å². The number of carbonyl (C=O) groups is 1. The molecule has 1 aromatic carbocycles. The van der Waals surface area contributed by atoms with E-state index in [1.54, 1.807) is 0 Å². The lowest BCUT2D eigenvalue weighted by Crippen LogP contribution is -2.02. The summed E-state index contributed by atoms with van der Waals surface area (Å²) in [5.41, 5.74) is -1.04. The standard InChI is InChI=1S/C9H6F2INO3/c1-4(14)5-2-6(9(10)11)8(12)7(3-5)13(15)16/h2-3,9H,1H3. The first-order chi connectivity index (χ1) is 7.34. The summed E-state index contributed by atoms with van der Waals surface area (Å²) in [7, 11) is 0. The zero-order valence-corrected chi connectivity index (χ0v) is 10.2. The third kappa shape index (κ3) is 2.52. The van der Waals surface area contributed by atoms with E-state index in [1.807, 2.05) is 0 Å². The molecule has 0 heterocycles. The monoisotopic (exact) mass is 341 g/mol. The van der Waals surface area contributed by atoms with Crippen LogP contribution in [0.25, 0.3) is 0 Å². The van der Waals surface area contributed by atoms with Gasteiger partial charge in [-0.2, -0.15) is 0 Å². The van der Waals surface area contributed by atoms with E-state index in [2.05, 4.69) is 0 Å². The second-order valence-corrected chi connectivity index (χ2v) is 4.09. The van der Waals surface area contributed by atoms with Crippen molar-refractivity contribution >= 4 is 34.1 Å². The minimum Gasteiger partial charge on any atom is -0.295 e. The van der Waals surface area contributed by atoms with Gasteiger partial charge in [-0.25, -0.2) is 8.78 Å². The molecular formula is C9H6F2INO3. The van der Waals surface area contributed by atoms with E-state index in [9.17, 15) is 23.7 Å². The van der Waals surface area contributed by atoms with Crippen LogP contribution in [0.4, 0.5) is 14.5 Å². The number of ketones is 1. The van der Waals surface area contributed by atoms with Crippen molar-refractivity contribution in [1.29, 1.82) is 0 Å². The quantitative estimate of drug-likeness (QED) is 0.367. The predicted octanol–water partition coefficient (Wildman–Crippen LogP) is 3.34. The van der Waals surface area contributed by atoms with E-state index < -0.39 is 28.4 Å². The van der Waals surface area contributed by atoms with Gasteiger partial charge < -0.3 is 0 Å². The molecule has 0 aromatic heterocycles. The SMILES string of the molecule is CC(=O)c1cc(C(F)F)c(I)c([N+](=O)[O-])c1. The van der Waals surface area contributed by atoms with Gasteiger partial charge in [-0.05, 0) is 35.6 Å². The number of nitro groups is 1. The summed E-state index contributed by atoms with van der Waals surface area (Å²) in [6, 6.07) is 2.00. The number of halogens is 3. The Morgan fingerprint density at radius 3 is 2.44 bits per heavy atom. The van der Waals surface area contributed by atoms with Gasteiger partial charge in [0.1, 0.15) is 0 Å². The van der Waals surface area contributed by atoms with Gasteiger partial charge in [-0.1, -0.05) is 0 Å². The Balaban J connectivity index is 3.51. The fraction of sp³-hybridized carbons (Fsp3) is 0.222. The summed E-state index contributed by atoms with van der Waals surface area (Å²) >= 11 is 1.48. The number of nitrogens with zero attached hydrogens (tertiary/aromatic N) is 1. The molecule has 0 amide bonds. The van der Waals surface area contributed by atoms with Gasteiger partial charge >= 0.3 is 0 Å². The number of hydrogen-bond acceptors (Lipinski definition) is 3. The van der Waals surface area contributed by atoms with Crippen molar-refractivity contribution in [2.24, 2.45) is 0 Å². The molecular weight excluding hydrogens is 335 g/mol. The molecule has 0 saturated heterocycles. The fourth-order valence-corrected chi connectivity index (χ4v) is 1.87. The van der Waals surface area contributed by atoms with E-state index in [1.165, 1.54) is 29.5 Å². The molecule has 0 fully saturated rings. The van der Waals surface area contributed by atoms with Gasteiger partial charge in [0.15, 0.2) is 5.78 Å². The number of alkyl halides is 2. The van der Waals surface area contributed by atoms with Crippen molar-refractivity contribution < 1.29 is 18.5 Å². The van der Waals surface area contributed by atoms with Crippen molar-refractivity contribution in [3.05, 3.63) is 36.9 Å². The molecule has 7 heteroatoms. The highest BCUT2D eigenvalue weighted by molar-refractivity contribution is 14.1. The number of Topliss-reactive ketones (excluding diaryl/α,β-unsaturated/α-hetero) is 1. The van der Waals surface area contributed by atoms with Crippen LogP contribution in [0.15, 0.2) is 12.1 Å². The molecule has 16 heavy (non-hydrogen) atoms. The zero-order chi connectivity index (χ0) is 12.5. The summed E-state index contributed by atoms with van der Waals surface area (Å²) in [5.74, 6) is -0.485. The van der Waals surface area contributed by atoms with Crippen molar-refractivity contribution in [3.63, 3.8) is 0 Å². The van der Waals surface area contributed by atoms with Crippen molar-refractivity contribution in [2.45, 2.75) is 13.3 Å². The molecule has 0 atom stereocenters. The van der Waals surface area contributed by atoms with Crippen molar-refractivity contribution in [2.75, 3.05) is 0 Å². The Hall–Kier alpha value is -1.12. The summed E-state index contributed by atoms with van der Waals surface area (Å²) in [4.78, 5) is 20.9. The smallest absolute Gasteiger partial charge is 0.283 e. The fourth-order valence-electron chi connectivity index (χ4n) is 1.13. The number of carbonyl (C=O) groups excluding carboxylic acids is 1. The van der Waals surface area contributed by atoms with Gasteiger partial charge in [-0.15, -0.1) is 0 Å². The molecule has 0 aliphatic carbocycles. The molecule has 0 bridgehead atoms. The summed E-state index contributed by atoms with van der Waals surface area (Å²) < 4.78 is 25.0. The Bertz CT molecular complexity index is 462. The first-order valence-corrected chi connectivity index (χ1v) is 5.19. The van der Waals surface area contributed by atoms with Gasteiger partial charge in [0.25, 0.3) is 12.1 Å². The highest BCUT2D eigenvalue weighted by Gasteiger charge is 2.23. The van der Waals surface area contributed by atoms with Crippen LogP contribution in [0.3, 0.4) is 0 Å². The van der Waals surface area contributed by atoms with Crippen LogP contribution in [0.1, 0.15) is 29.3 Å². The van der Waals surface area contributed by atoms with Crippen molar-refractivity contribution in [1.82, 2.24) is 0 Å². The molecule has 0 N–H and O–H groups in total. The van der Waals surface area contributed by atoms with Crippen molar-refractivity contribution in [3.8, 4) is 0 Å². The third-order valence-electron chi connectivity index (χ3n) is 1.92. The Morgan fingerprint density at radius 1 is 1.50 bits per heavy atom. The van der Waals surface area contributed by atoms with Crippen LogP contribution >= 0.6 is 22.6 Å². The second-order valence-electron chi connectivity index (χ2n) is 3.01. The normalized spacial score (nSPS) is 10.6. The molecule has 0 saturated carbocycles. The van der Waals surface area contributed by atoms with Crippen LogP contribution in [-0.2, 0) is 0 Å². The summed E-state index contributed by atoms with van der Waals surface area (Å²) in [6.07, 6.45) is -2.84. The molecule has 0 aliphatic heterocycles. The molecule has 0 aliphatic rings. The molecule has 86 valence electrons. The Morgan fingerprint density at radius 2 is 2.06 bits per heavy atom. The molecule has 0 unspecified atom stereocenters. The number of hydrogen-bond donors (Lipinski definition) is 0. The zero-order valence-electron chi connectivity index (χ0n) is 8.04. The average Bonchev–Trinajstić information content (AvgIpc) is 2.16. The minimum atomic E-state index is -2.84. The average molecular weight is 341 g/mol. The Labute approximate surface area is 103 Å². The maximum atomic E-state index is 12.6. The lowest BCUT2D eigenvalue weighted by atomic mass is 10.1. The molecule has 0 radical (unpaired) electrons. The lowest BCUT2D eigenvalue weighted by Gasteiger charge is -2.06. The number of benzene rings is 1. The van der Waals surface area contributed by atoms with Crippen LogP contribution in [0, 0.1) is 13.7 Å². The van der Waals surface area contributed by atoms with E-state index in [-0.39, 0.29) is 9.13 Å². The molecule has 0 spiro atoms. The highest BCUT2D eigenvalue weighted by atomic mass is 127. The molecule has 4 nitrogen and oxygen atoms in total. The van der Waals surface area contributed by atoms with E-state index in [0.717, 1.165) is 12.1 Å². The van der Waals surface area contributed by atoms with E-state index >= 15 is 0 Å². The number of rotatable bonds is 3. The highest BCUT2D eigenvalue weighted by Crippen LogP contribution is 2.32. The maximum absolute atomic E-state index is 12.6. The lowest BCUT2D eigenvalue weighted by molar-refractivity contribution is -0.386. The largest absolute Gasteiger partial charge is 0.295 e. The maximum Gasteiger partial charge on any atom is 0.283 e. The van der Waals surface area contributed by atoms with E-state index in [0.29, 0.717) is 0 Å². The topological polar surface area (TPSA) is 60.2 Å². The second kappa shape index (κ2) is 4.81. The first-order valence-electron chi connectivity index (χ1n) is 4.11. The Kier molecular flexibility index (Phi) is 3.89. The van der Waals surface area contributed by atoms with Crippen LogP contribution in [0.5, 0.6) is 0 Å².